The fraction of sp³-hybridized carbons (Fsp3) is 0.333. The van der Waals surface area contributed by atoms with E-state index in [1.165, 1.54) is 38.2 Å². The molecule has 0 aliphatic heterocycles. The molecule has 1 aromatic carbocycles. The molecule has 7 heteroatoms. The van der Waals surface area contributed by atoms with Crippen molar-refractivity contribution in [2.75, 3.05) is 12.8 Å². The van der Waals surface area contributed by atoms with Gasteiger partial charge in [0.25, 0.3) is 0 Å². The molecule has 0 spiro atoms. The van der Waals surface area contributed by atoms with Gasteiger partial charge >= 0.3 is 0 Å². The van der Waals surface area contributed by atoms with Gasteiger partial charge in [-0.3, -0.25) is 0 Å². The van der Waals surface area contributed by atoms with E-state index in [1.807, 2.05) is 0 Å². The first kappa shape index (κ1) is 13.1. The van der Waals surface area contributed by atoms with Crippen LogP contribution >= 0.6 is 0 Å². The number of sulfone groups is 1. The van der Waals surface area contributed by atoms with E-state index in [2.05, 4.69) is 4.72 Å². The maximum atomic E-state index is 11.7. The van der Waals surface area contributed by atoms with Crippen molar-refractivity contribution in [2.24, 2.45) is 0 Å². The maximum Gasteiger partial charge on any atom is 0.241 e. The second kappa shape index (κ2) is 4.52. The van der Waals surface area contributed by atoms with Crippen LogP contribution in [0.15, 0.2) is 34.1 Å². The van der Waals surface area contributed by atoms with Gasteiger partial charge in [-0.05, 0) is 19.2 Å². The van der Waals surface area contributed by atoms with E-state index in [1.54, 1.807) is 0 Å². The standard InChI is InChI=1S/C9H13NO4S2/c1-3-15(11,12)8-6-4-5-7-9(8)16(13,14)10-2/h4-7,10H,3H2,1-2H3. The zero-order valence-electron chi connectivity index (χ0n) is 8.97. The Morgan fingerprint density at radius 2 is 1.56 bits per heavy atom. The number of nitrogens with one attached hydrogen (secondary N) is 1. The van der Waals surface area contributed by atoms with Gasteiger partial charge in [-0.25, -0.2) is 21.6 Å². The number of hydrogen-bond acceptors (Lipinski definition) is 4. The predicted molar refractivity (Wildman–Crippen MR) is 60.4 cm³/mol. The molecule has 5 nitrogen and oxygen atoms in total. The molecule has 0 saturated heterocycles. The lowest BCUT2D eigenvalue weighted by Gasteiger charge is -2.08. The van der Waals surface area contributed by atoms with Gasteiger partial charge in [0, 0.05) is 0 Å². The van der Waals surface area contributed by atoms with Crippen molar-refractivity contribution in [3.05, 3.63) is 24.3 Å². The summed E-state index contributed by atoms with van der Waals surface area (Å²) < 4.78 is 48.7. The molecule has 0 fully saturated rings. The van der Waals surface area contributed by atoms with E-state index in [-0.39, 0.29) is 15.5 Å². The Morgan fingerprint density at radius 3 is 2.00 bits per heavy atom. The van der Waals surface area contributed by atoms with E-state index in [0.717, 1.165) is 0 Å². The molecule has 0 unspecified atom stereocenters. The Kier molecular flexibility index (Phi) is 3.72. The van der Waals surface area contributed by atoms with Crippen LogP contribution in [-0.4, -0.2) is 29.6 Å². The lowest BCUT2D eigenvalue weighted by atomic mass is 10.4. The monoisotopic (exact) mass is 263 g/mol. The first-order valence-corrected chi connectivity index (χ1v) is 7.74. The molecule has 0 aromatic heterocycles. The Labute approximate surface area is 95.5 Å². The van der Waals surface area contributed by atoms with Crippen molar-refractivity contribution in [1.29, 1.82) is 0 Å². The van der Waals surface area contributed by atoms with Gasteiger partial charge in [-0.1, -0.05) is 19.1 Å². The molecule has 0 heterocycles. The Balaban J connectivity index is 3.57. The molecular formula is C9H13NO4S2. The highest BCUT2D eigenvalue weighted by molar-refractivity contribution is 7.93. The molecular weight excluding hydrogens is 250 g/mol. The SMILES string of the molecule is CCS(=O)(=O)c1ccccc1S(=O)(=O)NC. The highest BCUT2D eigenvalue weighted by Gasteiger charge is 2.23. The summed E-state index contributed by atoms with van der Waals surface area (Å²) in [5, 5.41) is 0. The molecule has 0 radical (unpaired) electrons. The molecule has 1 aromatic rings. The Hall–Kier alpha value is -0.920. The lowest BCUT2D eigenvalue weighted by molar-refractivity contribution is 0.578. The smallest absolute Gasteiger partial charge is 0.224 e. The minimum atomic E-state index is -3.75. The van der Waals surface area contributed by atoms with Crippen LogP contribution in [0.1, 0.15) is 6.92 Å². The van der Waals surface area contributed by atoms with Crippen LogP contribution in [-0.2, 0) is 19.9 Å². The quantitative estimate of drug-likeness (QED) is 0.852. The van der Waals surface area contributed by atoms with Crippen LogP contribution in [0.4, 0.5) is 0 Å². The van der Waals surface area contributed by atoms with Crippen LogP contribution in [0.25, 0.3) is 0 Å². The van der Waals surface area contributed by atoms with E-state index >= 15 is 0 Å². The zero-order valence-corrected chi connectivity index (χ0v) is 10.6. The van der Waals surface area contributed by atoms with E-state index < -0.39 is 19.9 Å². The first-order valence-electron chi connectivity index (χ1n) is 4.60. The van der Waals surface area contributed by atoms with Crippen molar-refractivity contribution in [1.82, 2.24) is 4.72 Å². The summed E-state index contributed by atoms with van der Waals surface area (Å²) in [7, 11) is -6.05. The second-order valence-electron chi connectivity index (χ2n) is 3.06. The van der Waals surface area contributed by atoms with Crippen molar-refractivity contribution in [3.8, 4) is 0 Å². The summed E-state index contributed by atoms with van der Waals surface area (Å²) in [4.78, 5) is -0.369. The van der Waals surface area contributed by atoms with Crippen molar-refractivity contribution >= 4 is 19.9 Å². The first-order chi connectivity index (χ1) is 7.35. The summed E-state index contributed by atoms with van der Waals surface area (Å²) in [6, 6.07) is 5.55. The lowest BCUT2D eigenvalue weighted by Crippen LogP contribution is -2.21. The van der Waals surface area contributed by atoms with Crippen LogP contribution < -0.4 is 4.72 Å². The minimum absolute atomic E-state index is 0.136. The largest absolute Gasteiger partial charge is 0.241 e. The van der Waals surface area contributed by atoms with Crippen LogP contribution in [0.3, 0.4) is 0 Å². The summed E-state index contributed by atoms with van der Waals surface area (Å²) in [6.07, 6.45) is 0. The highest BCUT2D eigenvalue weighted by Crippen LogP contribution is 2.21. The average molecular weight is 263 g/mol. The van der Waals surface area contributed by atoms with Crippen molar-refractivity contribution in [3.63, 3.8) is 0 Å². The third-order valence-electron chi connectivity index (χ3n) is 2.12. The van der Waals surface area contributed by atoms with Gasteiger partial charge < -0.3 is 0 Å². The highest BCUT2D eigenvalue weighted by atomic mass is 32.2. The van der Waals surface area contributed by atoms with Gasteiger partial charge in [0.05, 0.1) is 10.6 Å². The number of sulfonamides is 1. The Bertz CT molecular complexity index is 522. The molecule has 0 aliphatic carbocycles. The van der Waals surface area contributed by atoms with Gasteiger partial charge in [-0.15, -0.1) is 0 Å². The molecule has 0 atom stereocenters. The molecule has 0 bridgehead atoms. The zero-order chi connectivity index (χ0) is 12.4. The number of benzene rings is 1. The summed E-state index contributed by atoms with van der Waals surface area (Å²) >= 11 is 0. The summed E-state index contributed by atoms with van der Waals surface area (Å²) in [5.74, 6) is -0.136. The molecule has 1 rings (SSSR count). The maximum absolute atomic E-state index is 11.7. The van der Waals surface area contributed by atoms with Crippen LogP contribution in [0.2, 0.25) is 0 Å². The molecule has 16 heavy (non-hydrogen) atoms. The predicted octanol–water partition coefficient (Wildman–Crippen LogP) is 0.388. The van der Waals surface area contributed by atoms with Gasteiger partial charge in [-0.2, -0.15) is 0 Å². The molecule has 90 valence electrons. The van der Waals surface area contributed by atoms with Gasteiger partial charge in [0.1, 0.15) is 4.90 Å². The summed E-state index contributed by atoms with van der Waals surface area (Å²) in [6.45, 7) is 1.47. The van der Waals surface area contributed by atoms with E-state index in [9.17, 15) is 16.8 Å². The van der Waals surface area contributed by atoms with Crippen LogP contribution in [0, 0.1) is 0 Å². The van der Waals surface area contributed by atoms with Crippen LogP contribution in [0.5, 0.6) is 0 Å². The number of rotatable bonds is 4. The van der Waals surface area contributed by atoms with Gasteiger partial charge in [0.2, 0.25) is 10.0 Å². The molecule has 0 saturated carbocycles. The van der Waals surface area contributed by atoms with E-state index in [4.69, 9.17) is 0 Å². The van der Waals surface area contributed by atoms with Crippen molar-refractivity contribution in [2.45, 2.75) is 16.7 Å². The Morgan fingerprint density at radius 1 is 1.06 bits per heavy atom. The molecule has 0 amide bonds. The molecule has 1 N–H and O–H groups in total. The fourth-order valence-corrected chi connectivity index (χ4v) is 3.69. The fourth-order valence-electron chi connectivity index (χ4n) is 1.19. The summed E-state index contributed by atoms with van der Waals surface area (Å²) in [5.41, 5.74) is 0. The molecule has 0 aliphatic rings. The second-order valence-corrected chi connectivity index (χ2v) is 7.16. The normalized spacial score (nSPS) is 12.6. The average Bonchev–Trinajstić information content (AvgIpc) is 2.29. The van der Waals surface area contributed by atoms with Crippen molar-refractivity contribution < 1.29 is 16.8 Å². The number of hydrogen-bond donors (Lipinski definition) is 1. The van der Waals surface area contributed by atoms with Gasteiger partial charge in [0.15, 0.2) is 9.84 Å². The third kappa shape index (κ3) is 2.42. The topological polar surface area (TPSA) is 80.3 Å². The minimum Gasteiger partial charge on any atom is -0.224 e. The third-order valence-corrected chi connectivity index (χ3v) is 5.51. The van der Waals surface area contributed by atoms with E-state index in [0.29, 0.717) is 0 Å².